The van der Waals surface area contributed by atoms with E-state index < -0.39 is 0 Å². The van der Waals surface area contributed by atoms with Crippen LogP contribution in [-0.2, 0) is 13.0 Å². The Morgan fingerprint density at radius 1 is 1.38 bits per heavy atom. The Morgan fingerprint density at radius 3 is 3.14 bits per heavy atom. The molecule has 1 aliphatic heterocycles. The van der Waals surface area contributed by atoms with Crippen molar-refractivity contribution in [3.05, 3.63) is 35.6 Å². The number of hydrogen-bond acceptors (Lipinski definition) is 7. The van der Waals surface area contributed by atoms with E-state index in [4.69, 9.17) is 14.8 Å². The Kier molecular flexibility index (Phi) is 2.81. The van der Waals surface area contributed by atoms with E-state index >= 15 is 0 Å². The van der Waals surface area contributed by atoms with Gasteiger partial charge in [-0.15, -0.1) is 0 Å². The smallest absolute Gasteiger partial charge is 0.278 e. The van der Waals surface area contributed by atoms with Crippen molar-refractivity contribution in [3.63, 3.8) is 0 Å². The summed E-state index contributed by atoms with van der Waals surface area (Å²) >= 11 is 0. The highest BCUT2D eigenvalue weighted by atomic mass is 16.5. The van der Waals surface area contributed by atoms with Crippen LogP contribution in [0.3, 0.4) is 0 Å². The van der Waals surface area contributed by atoms with E-state index in [2.05, 4.69) is 20.4 Å². The molecule has 0 spiro atoms. The molecule has 3 aromatic rings. The van der Waals surface area contributed by atoms with Gasteiger partial charge in [0.25, 0.3) is 5.89 Å². The van der Waals surface area contributed by atoms with Gasteiger partial charge in [-0.1, -0.05) is 10.3 Å². The van der Waals surface area contributed by atoms with Gasteiger partial charge in [0.15, 0.2) is 11.5 Å². The maximum Gasteiger partial charge on any atom is 0.278 e. The third-order valence-electron chi connectivity index (χ3n) is 3.59. The topological polar surface area (TPSA) is 109 Å². The molecule has 0 fully saturated rings. The first-order valence-electron chi connectivity index (χ1n) is 6.85. The number of rotatable bonds is 3. The summed E-state index contributed by atoms with van der Waals surface area (Å²) in [7, 11) is 0. The van der Waals surface area contributed by atoms with Crippen LogP contribution < -0.4 is 5.73 Å². The van der Waals surface area contributed by atoms with E-state index in [-0.39, 0.29) is 6.04 Å². The summed E-state index contributed by atoms with van der Waals surface area (Å²) in [5, 5.41) is 12.1. The minimum atomic E-state index is 0.0246. The second kappa shape index (κ2) is 4.81. The van der Waals surface area contributed by atoms with Crippen molar-refractivity contribution < 1.29 is 9.05 Å². The lowest BCUT2D eigenvalue weighted by molar-refractivity contribution is 0.382. The Balaban J connectivity index is 1.61. The lowest BCUT2D eigenvalue weighted by Gasteiger charge is -2.19. The number of fused-ring (bicyclic) bond motifs is 1. The van der Waals surface area contributed by atoms with E-state index in [9.17, 15) is 0 Å². The molecule has 1 atom stereocenters. The van der Waals surface area contributed by atoms with Gasteiger partial charge in [-0.25, -0.2) is 0 Å². The second-order valence-corrected chi connectivity index (χ2v) is 5.10. The fraction of sp³-hybridized carbons (Fsp3) is 0.385. The van der Waals surface area contributed by atoms with Crippen LogP contribution in [-0.4, -0.2) is 25.1 Å². The van der Waals surface area contributed by atoms with E-state index in [1.165, 1.54) is 0 Å². The minimum Gasteiger partial charge on any atom is -0.361 e. The molecule has 0 amide bonds. The van der Waals surface area contributed by atoms with Gasteiger partial charge in [0, 0.05) is 18.7 Å². The molecular weight excluding hydrogens is 272 g/mol. The third-order valence-corrected chi connectivity index (χ3v) is 3.59. The van der Waals surface area contributed by atoms with Gasteiger partial charge in [0.2, 0.25) is 0 Å². The highest BCUT2D eigenvalue weighted by molar-refractivity contribution is 5.47. The molecule has 0 radical (unpaired) electrons. The first-order valence-corrected chi connectivity index (χ1v) is 6.85. The molecule has 1 unspecified atom stereocenters. The molecule has 1 aliphatic rings. The monoisotopic (exact) mass is 286 g/mol. The molecule has 2 N–H and O–H groups in total. The maximum absolute atomic E-state index is 6.09. The summed E-state index contributed by atoms with van der Waals surface area (Å²) in [5.41, 5.74) is 7.77. The van der Waals surface area contributed by atoms with Crippen LogP contribution in [0.4, 0.5) is 0 Å². The molecule has 4 rings (SSSR count). The molecule has 8 nitrogen and oxygen atoms in total. The standard InChI is InChI=1S/C13H14N6O2/c14-9-2-1-5-19-11(9)7-10(17-19)13-16-12(18-21-13)6-8-3-4-15-20-8/h3-4,7,9H,1-2,5-6,14H2. The Hall–Kier alpha value is -2.48. The number of nitrogens with zero attached hydrogens (tertiary/aromatic N) is 5. The normalized spacial score (nSPS) is 17.9. The molecule has 3 aromatic heterocycles. The van der Waals surface area contributed by atoms with Gasteiger partial charge in [-0.3, -0.25) is 4.68 Å². The van der Waals surface area contributed by atoms with E-state index in [1.54, 1.807) is 12.3 Å². The van der Waals surface area contributed by atoms with Crippen LogP contribution in [0.25, 0.3) is 11.6 Å². The lowest BCUT2D eigenvalue weighted by Crippen LogP contribution is -2.21. The van der Waals surface area contributed by atoms with E-state index in [0.717, 1.165) is 25.1 Å². The van der Waals surface area contributed by atoms with Gasteiger partial charge in [0.1, 0.15) is 5.76 Å². The molecular formula is C13H14N6O2. The van der Waals surface area contributed by atoms with Crippen LogP contribution >= 0.6 is 0 Å². The first kappa shape index (κ1) is 12.3. The van der Waals surface area contributed by atoms with Gasteiger partial charge >= 0.3 is 0 Å². The molecule has 108 valence electrons. The summed E-state index contributed by atoms with van der Waals surface area (Å²) in [4.78, 5) is 4.34. The van der Waals surface area contributed by atoms with Crippen molar-refractivity contribution in [2.24, 2.45) is 5.73 Å². The summed E-state index contributed by atoms with van der Waals surface area (Å²) in [6, 6.07) is 3.72. The van der Waals surface area contributed by atoms with Crippen LogP contribution in [0.5, 0.6) is 0 Å². The van der Waals surface area contributed by atoms with Crippen molar-refractivity contribution in [2.45, 2.75) is 31.8 Å². The summed E-state index contributed by atoms with van der Waals surface area (Å²) in [6.07, 6.45) is 4.04. The van der Waals surface area contributed by atoms with Gasteiger partial charge in [0.05, 0.1) is 18.3 Å². The quantitative estimate of drug-likeness (QED) is 0.772. The maximum atomic E-state index is 6.09. The number of aromatic nitrogens is 5. The molecule has 8 heteroatoms. The highest BCUT2D eigenvalue weighted by Gasteiger charge is 2.22. The van der Waals surface area contributed by atoms with E-state index in [1.807, 2.05) is 10.7 Å². The highest BCUT2D eigenvalue weighted by Crippen LogP contribution is 2.26. The SMILES string of the molecule is NC1CCCn2nc(-c3nc(Cc4ccno4)no3)cc21. The fourth-order valence-corrected chi connectivity index (χ4v) is 2.54. The lowest BCUT2D eigenvalue weighted by atomic mass is 10.1. The van der Waals surface area contributed by atoms with Crippen LogP contribution in [0, 0.1) is 0 Å². The number of nitrogens with two attached hydrogens (primary N) is 1. The zero-order valence-electron chi connectivity index (χ0n) is 11.3. The van der Waals surface area contributed by atoms with Crippen molar-refractivity contribution in [3.8, 4) is 11.6 Å². The van der Waals surface area contributed by atoms with Gasteiger partial charge in [-0.2, -0.15) is 10.1 Å². The van der Waals surface area contributed by atoms with Crippen molar-refractivity contribution >= 4 is 0 Å². The van der Waals surface area contributed by atoms with Gasteiger partial charge < -0.3 is 14.8 Å². The van der Waals surface area contributed by atoms with Crippen molar-refractivity contribution in [1.29, 1.82) is 0 Å². The molecule has 21 heavy (non-hydrogen) atoms. The fourth-order valence-electron chi connectivity index (χ4n) is 2.54. The Morgan fingerprint density at radius 2 is 2.33 bits per heavy atom. The van der Waals surface area contributed by atoms with Crippen LogP contribution in [0.15, 0.2) is 27.4 Å². The predicted molar refractivity (Wildman–Crippen MR) is 71.0 cm³/mol. The summed E-state index contributed by atoms with van der Waals surface area (Å²) < 4.78 is 12.2. The Labute approximate surface area is 119 Å². The third kappa shape index (κ3) is 2.23. The number of hydrogen-bond donors (Lipinski definition) is 1. The first-order chi connectivity index (χ1) is 10.3. The number of aryl methyl sites for hydroxylation is 1. The largest absolute Gasteiger partial charge is 0.361 e. The molecule has 4 heterocycles. The van der Waals surface area contributed by atoms with Crippen LogP contribution in [0.1, 0.15) is 36.2 Å². The minimum absolute atomic E-state index is 0.0246. The average molecular weight is 286 g/mol. The molecule has 0 saturated carbocycles. The molecule has 0 bridgehead atoms. The van der Waals surface area contributed by atoms with Gasteiger partial charge in [-0.05, 0) is 18.9 Å². The molecule has 0 aromatic carbocycles. The van der Waals surface area contributed by atoms with E-state index in [0.29, 0.717) is 29.6 Å². The van der Waals surface area contributed by atoms with Crippen LogP contribution in [0.2, 0.25) is 0 Å². The summed E-state index contributed by atoms with van der Waals surface area (Å²) in [5.74, 6) is 1.63. The molecule has 0 saturated heterocycles. The average Bonchev–Trinajstić information content (AvgIpc) is 3.18. The Bertz CT molecular complexity index is 745. The second-order valence-electron chi connectivity index (χ2n) is 5.10. The summed E-state index contributed by atoms with van der Waals surface area (Å²) in [6.45, 7) is 0.877. The zero-order chi connectivity index (χ0) is 14.2. The van der Waals surface area contributed by atoms with Crippen molar-refractivity contribution in [1.82, 2.24) is 25.1 Å². The zero-order valence-corrected chi connectivity index (χ0v) is 11.3. The van der Waals surface area contributed by atoms with Crippen molar-refractivity contribution in [2.75, 3.05) is 0 Å². The predicted octanol–water partition coefficient (Wildman–Crippen LogP) is 1.31. The molecule has 0 aliphatic carbocycles.